The SMILES string of the molecule is C[C@H]1O[C@@H](n2c(NC3CCOCC3)nc3c(N4CCc5ccccc5C4)ncnc32)[C@H](O)[C@@H]1O. The first-order valence-electron chi connectivity index (χ1n) is 12.0. The monoisotopic (exact) mass is 466 g/mol. The summed E-state index contributed by atoms with van der Waals surface area (Å²) in [6, 6.07) is 8.66. The van der Waals surface area contributed by atoms with E-state index >= 15 is 0 Å². The van der Waals surface area contributed by atoms with Crippen molar-refractivity contribution in [3.05, 3.63) is 41.7 Å². The number of imidazole rings is 1. The van der Waals surface area contributed by atoms with Crippen molar-refractivity contribution in [2.45, 2.75) is 63.3 Å². The molecule has 10 nitrogen and oxygen atoms in total. The van der Waals surface area contributed by atoms with Crippen LogP contribution in [0.15, 0.2) is 30.6 Å². The van der Waals surface area contributed by atoms with Gasteiger partial charge in [-0.15, -0.1) is 0 Å². The third-order valence-corrected chi connectivity index (χ3v) is 7.17. The van der Waals surface area contributed by atoms with Crippen molar-refractivity contribution in [2.75, 3.05) is 30.0 Å². The Morgan fingerprint density at radius 3 is 2.62 bits per heavy atom. The highest BCUT2D eigenvalue weighted by Crippen LogP contribution is 2.37. The highest BCUT2D eigenvalue weighted by atomic mass is 16.6. The number of hydrogen-bond acceptors (Lipinski definition) is 9. The van der Waals surface area contributed by atoms with E-state index in [0.29, 0.717) is 30.3 Å². The smallest absolute Gasteiger partial charge is 0.207 e. The molecular weight excluding hydrogens is 436 g/mol. The van der Waals surface area contributed by atoms with E-state index in [4.69, 9.17) is 14.5 Å². The van der Waals surface area contributed by atoms with Gasteiger partial charge in [-0.3, -0.25) is 4.57 Å². The molecule has 1 aromatic carbocycles. The Hall–Kier alpha value is -2.79. The fourth-order valence-corrected chi connectivity index (χ4v) is 5.21. The molecule has 0 saturated carbocycles. The van der Waals surface area contributed by atoms with Crippen LogP contribution < -0.4 is 10.2 Å². The first kappa shape index (κ1) is 21.7. The van der Waals surface area contributed by atoms with E-state index in [-0.39, 0.29) is 6.04 Å². The van der Waals surface area contributed by atoms with Crippen LogP contribution in [0.3, 0.4) is 0 Å². The van der Waals surface area contributed by atoms with Crippen LogP contribution in [0, 0.1) is 0 Å². The molecule has 10 heteroatoms. The van der Waals surface area contributed by atoms with Gasteiger partial charge in [0.2, 0.25) is 5.95 Å². The lowest BCUT2D eigenvalue weighted by molar-refractivity contribution is -0.0288. The Labute approximate surface area is 197 Å². The summed E-state index contributed by atoms with van der Waals surface area (Å²) in [5.41, 5.74) is 3.87. The third-order valence-electron chi connectivity index (χ3n) is 7.17. The maximum atomic E-state index is 10.8. The molecule has 0 amide bonds. The summed E-state index contributed by atoms with van der Waals surface area (Å²) in [4.78, 5) is 16.3. The molecular formula is C24H30N6O4. The summed E-state index contributed by atoms with van der Waals surface area (Å²) in [6.07, 6.45) is 0.798. The Bertz CT molecular complexity index is 1180. The molecule has 2 aromatic heterocycles. The molecule has 6 rings (SSSR count). The van der Waals surface area contributed by atoms with E-state index in [1.807, 2.05) is 0 Å². The summed E-state index contributed by atoms with van der Waals surface area (Å²) >= 11 is 0. The molecule has 3 aliphatic heterocycles. The molecule has 4 atom stereocenters. The molecule has 0 aliphatic carbocycles. The van der Waals surface area contributed by atoms with E-state index in [2.05, 4.69) is 44.5 Å². The summed E-state index contributed by atoms with van der Waals surface area (Å²) in [6.45, 7) is 4.71. The average Bonchev–Trinajstić information content (AvgIpc) is 3.35. The number of aliphatic hydroxyl groups excluding tert-OH is 2. The number of rotatable bonds is 4. The van der Waals surface area contributed by atoms with Gasteiger partial charge in [0.1, 0.15) is 18.5 Å². The number of ether oxygens (including phenoxy) is 2. The third kappa shape index (κ3) is 3.70. The van der Waals surface area contributed by atoms with Gasteiger partial charge in [0, 0.05) is 32.3 Å². The molecule has 0 radical (unpaired) electrons. The maximum absolute atomic E-state index is 10.8. The fraction of sp³-hybridized carbons (Fsp3) is 0.542. The molecule has 5 heterocycles. The van der Waals surface area contributed by atoms with Crippen LogP contribution in [-0.4, -0.2) is 73.8 Å². The van der Waals surface area contributed by atoms with E-state index in [0.717, 1.165) is 38.2 Å². The Morgan fingerprint density at radius 1 is 1.06 bits per heavy atom. The molecule has 180 valence electrons. The number of aromatic nitrogens is 4. The van der Waals surface area contributed by atoms with Gasteiger partial charge in [0.05, 0.1) is 6.10 Å². The lowest BCUT2D eigenvalue weighted by Crippen LogP contribution is -2.33. The number of hydrogen-bond donors (Lipinski definition) is 3. The molecule has 2 saturated heterocycles. The quantitative estimate of drug-likeness (QED) is 0.527. The van der Waals surface area contributed by atoms with Crippen LogP contribution in [0.1, 0.15) is 37.1 Å². The van der Waals surface area contributed by atoms with Gasteiger partial charge in [-0.25, -0.2) is 15.0 Å². The average molecular weight is 467 g/mol. The van der Waals surface area contributed by atoms with Crippen LogP contribution in [0.2, 0.25) is 0 Å². The highest BCUT2D eigenvalue weighted by Gasteiger charge is 2.43. The van der Waals surface area contributed by atoms with Crippen molar-refractivity contribution in [3.63, 3.8) is 0 Å². The van der Waals surface area contributed by atoms with Gasteiger partial charge in [0.15, 0.2) is 23.2 Å². The molecule has 3 aromatic rings. The van der Waals surface area contributed by atoms with Crippen molar-refractivity contribution in [1.82, 2.24) is 19.5 Å². The van der Waals surface area contributed by atoms with E-state index in [9.17, 15) is 10.2 Å². The first-order valence-corrected chi connectivity index (χ1v) is 12.0. The number of anilines is 2. The van der Waals surface area contributed by atoms with Crippen LogP contribution in [0.5, 0.6) is 0 Å². The predicted octanol–water partition coefficient (Wildman–Crippen LogP) is 1.62. The van der Waals surface area contributed by atoms with Crippen molar-refractivity contribution in [1.29, 1.82) is 0 Å². The zero-order valence-electron chi connectivity index (χ0n) is 19.2. The van der Waals surface area contributed by atoms with Crippen LogP contribution in [0.4, 0.5) is 11.8 Å². The molecule has 0 spiro atoms. The Kier molecular flexibility index (Phi) is 5.60. The Morgan fingerprint density at radius 2 is 1.85 bits per heavy atom. The number of benzene rings is 1. The minimum atomic E-state index is -1.09. The summed E-state index contributed by atoms with van der Waals surface area (Å²) in [5, 5.41) is 24.7. The van der Waals surface area contributed by atoms with Crippen molar-refractivity contribution < 1.29 is 19.7 Å². The van der Waals surface area contributed by atoms with Gasteiger partial charge >= 0.3 is 0 Å². The van der Waals surface area contributed by atoms with Gasteiger partial charge in [-0.05, 0) is 37.3 Å². The van der Waals surface area contributed by atoms with Gasteiger partial charge in [-0.1, -0.05) is 24.3 Å². The summed E-state index contributed by atoms with van der Waals surface area (Å²) in [5.74, 6) is 1.32. The molecule has 3 N–H and O–H groups in total. The number of aliphatic hydroxyl groups is 2. The van der Waals surface area contributed by atoms with E-state index < -0.39 is 24.5 Å². The largest absolute Gasteiger partial charge is 0.388 e. The lowest BCUT2D eigenvalue weighted by Gasteiger charge is -2.29. The summed E-state index contributed by atoms with van der Waals surface area (Å²) < 4.78 is 13.3. The standard InChI is InChI=1S/C24H30N6O4/c1-14-19(31)20(32)23(34-14)30-22-18(28-24(30)27-17-7-10-33-11-8-17)21(25-13-26-22)29-9-6-15-4-2-3-5-16(15)12-29/h2-5,13-14,17,19-20,23,31-32H,6-12H2,1H3,(H,27,28)/t14-,19-,20-,23-/m1/s1. The molecule has 3 aliphatic rings. The van der Waals surface area contributed by atoms with Crippen molar-refractivity contribution in [2.24, 2.45) is 0 Å². The number of nitrogens with one attached hydrogen (secondary N) is 1. The minimum Gasteiger partial charge on any atom is -0.388 e. The topological polar surface area (TPSA) is 118 Å². The van der Waals surface area contributed by atoms with E-state index in [1.165, 1.54) is 17.5 Å². The highest BCUT2D eigenvalue weighted by molar-refractivity contribution is 5.86. The molecule has 0 unspecified atom stereocenters. The van der Waals surface area contributed by atoms with Crippen molar-refractivity contribution >= 4 is 22.9 Å². The fourth-order valence-electron chi connectivity index (χ4n) is 5.21. The van der Waals surface area contributed by atoms with Crippen LogP contribution >= 0.6 is 0 Å². The Balaban J connectivity index is 1.42. The van der Waals surface area contributed by atoms with Crippen LogP contribution in [-0.2, 0) is 22.4 Å². The number of fused-ring (bicyclic) bond motifs is 2. The first-order chi connectivity index (χ1) is 16.6. The zero-order valence-corrected chi connectivity index (χ0v) is 19.2. The van der Waals surface area contributed by atoms with Crippen LogP contribution in [0.25, 0.3) is 11.2 Å². The zero-order chi connectivity index (χ0) is 23.2. The molecule has 34 heavy (non-hydrogen) atoms. The second-order valence-corrected chi connectivity index (χ2v) is 9.36. The normalized spacial score (nSPS) is 27.8. The van der Waals surface area contributed by atoms with Crippen molar-refractivity contribution in [3.8, 4) is 0 Å². The van der Waals surface area contributed by atoms with E-state index in [1.54, 1.807) is 11.5 Å². The number of nitrogens with zero attached hydrogens (tertiary/aromatic N) is 5. The van der Waals surface area contributed by atoms with Gasteiger partial charge < -0.3 is 29.9 Å². The predicted molar refractivity (Wildman–Crippen MR) is 126 cm³/mol. The van der Waals surface area contributed by atoms with Gasteiger partial charge in [0.25, 0.3) is 0 Å². The maximum Gasteiger partial charge on any atom is 0.207 e. The molecule has 2 fully saturated rings. The minimum absolute atomic E-state index is 0.184. The van der Waals surface area contributed by atoms with Gasteiger partial charge in [-0.2, -0.15) is 0 Å². The summed E-state index contributed by atoms with van der Waals surface area (Å²) in [7, 11) is 0. The second-order valence-electron chi connectivity index (χ2n) is 9.36. The lowest BCUT2D eigenvalue weighted by atomic mass is 10.00. The molecule has 0 bridgehead atoms. The second kappa shape index (κ2) is 8.77.